The van der Waals surface area contributed by atoms with Crippen molar-refractivity contribution < 1.29 is 14.3 Å². The molecule has 1 rings (SSSR count). The summed E-state index contributed by atoms with van der Waals surface area (Å²) in [5, 5.41) is 2.95. The molecule has 3 unspecified atom stereocenters. The highest BCUT2D eigenvalue weighted by atomic mass is 16.5. The number of ether oxygens (including phenoxy) is 2. The summed E-state index contributed by atoms with van der Waals surface area (Å²) < 4.78 is 10.1. The highest BCUT2D eigenvalue weighted by molar-refractivity contribution is 5.81. The molecule has 1 amide bonds. The van der Waals surface area contributed by atoms with Crippen LogP contribution in [0.2, 0.25) is 0 Å². The summed E-state index contributed by atoms with van der Waals surface area (Å²) in [5.41, 5.74) is 5.73. The van der Waals surface area contributed by atoms with E-state index in [1.54, 1.807) is 14.2 Å². The molecule has 3 N–H and O–H groups in total. The number of nitrogens with one attached hydrogen (secondary N) is 1. The summed E-state index contributed by atoms with van der Waals surface area (Å²) in [6.45, 7) is 0.514. The van der Waals surface area contributed by atoms with Crippen LogP contribution in [0.1, 0.15) is 25.7 Å². The summed E-state index contributed by atoms with van der Waals surface area (Å²) in [5.74, 6) is -0.0844. The Balaban J connectivity index is 2.23. The number of amides is 1. The van der Waals surface area contributed by atoms with Gasteiger partial charge in [-0.2, -0.15) is 0 Å². The lowest BCUT2D eigenvalue weighted by atomic mass is 10.2. The molecular weight excluding hydrogens is 208 g/mol. The Kier molecular flexibility index (Phi) is 5.73. The van der Waals surface area contributed by atoms with E-state index < -0.39 is 6.04 Å². The molecule has 5 heteroatoms. The van der Waals surface area contributed by atoms with Crippen molar-refractivity contribution in [3.8, 4) is 0 Å². The van der Waals surface area contributed by atoms with Crippen LogP contribution in [-0.4, -0.2) is 44.9 Å². The third kappa shape index (κ3) is 4.08. The molecule has 3 atom stereocenters. The molecule has 1 saturated carbocycles. The van der Waals surface area contributed by atoms with Crippen LogP contribution in [0.15, 0.2) is 0 Å². The van der Waals surface area contributed by atoms with E-state index in [0.717, 1.165) is 19.3 Å². The van der Waals surface area contributed by atoms with Gasteiger partial charge in [-0.25, -0.2) is 0 Å². The monoisotopic (exact) mass is 230 g/mol. The minimum absolute atomic E-state index is 0.0844. The lowest BCUT2D eigenvalue weighted by molar-refractivity contribution is -0.123. The molecule has 0 saturated heterocycles. The Labute approximate surface area is 96.7 Å². The minimum atomic E-state index is -0.471. The smallest absolute Gasteiger partial charge is 0.237 e. The van der Waals surface area contributed by atoms with E-state index in [-0.39, 0.29) is 18.1 Å². The fourth-order valence-corrected chi connectivity index (χ4v) is 1.97. The van der Waals surface area contributed by atoms with E-state index in [4.69, 9.17) is 15.2 Å². The topological polar surface area (TPSA) is 73.6 Å². The first-order chi connectivity index (χ1) is 7.67. The zero-order valence-electron chi connectivity index (χ0n) is 10.1. The Morgan fingerprint density at radius 2 is 2.25 bits per heavy atom. The van der Waals surface area contributed by atoms with Gasteiger partial charge in [0, 0.05) is 26.9 Å². The predicted molar refractivity (Wildman–Crippen MR) is 61.0 cm³/mol. The van der Waals surface area contributed by atoms with Gasteiger partial charge in [0.25, 0.3) is 0 Å². The highest BCUT2D eigenvalue weighted by Crippen LogP contribution is 2.21. The van der Waals surface area contributed by atoms with Crippen LogP contribution >= 0.6 is 0 Å². The van der Waals surface area contributed by atoms with Gasteiger partial charge in [0.2, 0.25) is 5.91 Å². The molecule has 0 aliphatic heterocycles. The largest absolute Gasteiger partial charge is 0.385 e. The van der Waals surface area contributed by atoms with E-state index in [1.807, 2.05) is 0 Å². The average Bonchev–Trinajstić information content (AvgIpc) is 2.73. The molecule has 0 aromatic carbocycles. The van der Waals surface area contributed by atoms with Gasteiger partial charge in [0.15, 0.2) is 0 Å². The van der Waals surface area contributed by atoms with Gasteiger partial charge in [-0.15, -0.1) is 0 Å². The first kappa shape index (κ1) is 13.4. The number of hydrogen-bond acceptors (Lipinski definition) is 4. The lowest BCUT2D eigenvalue weighted by Gasteiger charge is -2.16. The van der Waals surface area contributed by atoms with Crippen LogP contribution in [0, 0.1) is 0 Å². The fourth-order valence-electron chi connectivity index (χ4n) is 1.97. The second kappa shape index (κ2) is 6.83. The van der Waals surface area contributed by atoms with Gasteiger partial charge in [-0.3, -0.25) is 4.79 Å². The minimum Gasteiger partial charge on any atom is -0.385 e. The van der Waals surface area contributed by atoms with Crippen molar-refractivity contribution in [1.29, 1.82) is 0 Å². The van der Waals surface area contributed by atoms with E-state index in [1.165, 1.54) is 0 Å². The molecule has 1 aliphatic rings. The van der Waals surface area contributed by atoms with Crippen molar-refractivity contribution in [1.82, 2.24) is 5.32 Å². The summed E-state index contributed by atoms with van der Waals surface area (Å²) in [4.78, 5) is 11.7. The van der Waals surface area contributed by atoms with Crippen molar-refractivity contribution >= 4 is 5.91 Å². The second-order valence-corrected chi connectivity index (χ2v) is 4.26. The Bertz CT molecular complexity index is 223. The maximum absolute atomic E-state index is 11.7. The Morgan fingerprint density at radius 1 is 1.50 bits per heavy atom. The molecule has 0 bridgehead atoms. The van der Waals surface area contributed by atoms with Crippen molar-refractivity contribution in [3.63, 3.8) is 0 Å². The number of carbonyl (C=O) groups excluding carboxylic acids is 1. The second-order valence-electron chi connectivity index (χ2n) is 4.26. The SMILES string of the molecule is COCCC(N)C(=O)NC1CCC(OC)C1. The Morgan fingerprint density at radius 3 is 2.81 bits per heavy atom. The van der Waals surface area contributed by atoms with Gasteiger partial charge >= 0.3 is 0 Å². The van der Waals surface area contributed by atoms with Gasteiger partial charge in [0.05, 0.1) is 12.1 Å². The van der Waals surface area contributed by atoms with Crippen LogP contribution in [0.25, 0.3) is 0 Å². The molecule has 16 heavy (non-hydrogen) atoms. The molecule has 5 nitrogen and oxygen atoms in total. The highest BCUT2D eigenvalue weighted by Gasteiger charge is 2.26. The molecule has 1 aliphatic carbocycles. The van der Waals surface area contributed by atoms with Gasteiger partial charge < -0.3 is 20.5 Å². The van der Waals surface area contributed by atoms with E-state index >= 15 is 0 Å². The first-order valence-corrected chi connectivity index (χ1v) is 5.75. The molecule has 0 heterocycles. The third-order valence-electron chi connectivity index (χ3n) is 3.03. The standard InChI is InChI=1S/C11H22N2O3/c1-15-6-5-10(12)11(14)13-8-3-4-9(7-8)16-2/h8-10H,3-7,12H2,1-2H3,(H,13,14). The molecule has 94 valence electrons. The molecule has 0 aromatic rings. The summed E-state index contributed by atoms with van der Waals surface area (Å²) in [7, 11) is 3.31. The normalized spacial score (nSPS) is 26.7. The number of methoxy groups -OCH3 is 2. The van der Waals surface area contributed by atoms with E-state index in [2.05, 4.69) is 5.32 Å². The zero-order valence-corrected chi connectivity index (χ0v) is 10.1. The van der Waals surface area contributed by atoms with Crippen LogP contribution < -0.4 is 11.1 Å². The molecular formula is C11H22N2O3. The van der Waals surface area contributed by atoms with Crippen molar-refractivity contribution in [2.45, 2.75) is 43.9 Å². The molecule has 0 radical (unpaired) electrons. The van der Waals surface area contributed by atoms with Crippen molar-refractivity contribution in [2.24, 2.45) is 5.73 Å². The molecule has 0 aromatic heterocycles. The summed E-state index contributed by atoms with van der Waals surface area (Å²) in [6.07, 6.45) is 3.71. The Hall–Kier alpha value is -0.650. The number of hydrogen-bond donors (Lipinski definition) is 2. The van der Waals surface area contributed by atoms with E-state index in [9.17, 15) is 4.79 Å². The quantitative estimate of drug-likeness (QED) is 0.675. The van der Waals surface area contributed by atoms with Crippen molar-refractivity contribution in [3.05, 3.63) is 0 Å². The van der Waals surface area contributed by atoms with Crippen LogP contribution in [0.5, 0.6) is 0 Å². The number of carbonyl (C=O) groups is 1. The van der Waals surface area contributed by atoms with Gasteiger partial charge in [0.1, 0.15) is 0 Å². The zero-order chi connectivity index (χ0) is 12.0. The average molecular weight is 230 g/mol. The lowest BCUT2D eigenvalue weighted by Crippen LogP contribution is -2.45. The summed E-state index contributed by atoms with van der Waals surface area (Å²) in [6, 6.07) is -0.257. The van der Waals surface area contributed by atoms with Gasteiger partial charge in [-0.1, -0.05) is 0 Å². The van der Waals surface area contributed by atoms with E-state index in [0.29, 0.717) is 13.0 Å². The van der Waals surface area contributed by atoms with Crippen LogP contribution in [-0.2, 0) is 14.3 Å². The van der Waals surface area contributed by atoms with Crippen LogP contribution in [0.3, 0.4) is 0 Å². The third-order valence-corrected chi connectivity index (χ3v) is 3.03. The number of rotatable bonds is 6. The van der Waals surface area contributed by atoms with Crippen molar-refractivity contribution in [2.75, 3.05) is 20.8 Å². The van der Waals surface area contributed by atoms with Crippen LogP contribution in [0.4, 0.5) is 0 Å². The number of nitrogens with two attached hydrogens (primary N) is 1. The van der Waals surface area contributed by atoms with Gasteiger partial charge in [-0.05, 0) is 25.7 Å². The predicted octanol–water partition coefficient (Wildman–Crippen LogP) is 0.0339. The maximum Gasteiger partial charge on any atom is 0.237 e. The molecule has 0 spiro atoms. The first-order valence-electron chi connectivity index (χ1n) is 5.75. The molecule has 1 fully saturated rings. The maximum atomic E-state index is 11.7. The fraction of sp³-hybridized carbons (Fsp3) is 0.909. The summed E-state index contributed by atoms with van der Waals surface area (Å²) >= 11 is 0.